The Morgan fingerprint density at radius 2 is 1.74 bits per heavy atom. The van der Waals surface area contributed by atoms with Crippen molar-refractivity contribution in [3.05, 3.63) is 48.0 Å². The van der Waals surface area contributed by atoms with E-state index in [9.17, 15) is 18.3 Å². The van der Waals surface area contributed by atoms with Crippen LogP contribution in [-0.4, -0.2) is 11.5 Å². The molecule has 0 radical (unpaired) electrons. The van der Waals surface area contributed by atoms with E-state index >= 15 is 0 Å². The van der Waals surface area contributed by atoms with Gasteiger partial charge in [-0.15, -0.1) is 13.2 Å². The summed E-state index contributed by atoms with van der Waals surface area (Å²) in [5, 5.41) is 9.58. The Labute approximate surface area is 108 Å². The molecule has 2 aromatic rings. The molecule has 19 heavy (non-hydrogen) atoms. The molecule has 0 aliphatic carbocycles. The summed E-state index contributed by atoms with van der Waals surface area (Å²) in [6, 6.07) is 11.2. The van der Waals surface area contributed by atoms with E-state index in [2.05, 4.69) is 4.74 Å². The van der Waals surface area contributed by atoms with Crippen LogP contribution in [0.5, 0.6) is 11.5 Å². The van der Waals surface area contributed by atoms with E-state index in [1.165, 1.54) is 12.1 Å². The molecule has 0 atom stereocenters. The highest BCUT2D eigenvalue weighted by Crippen LogP contribution is 2.35. The van der Waals surface area contributed by atoms with Gasteiger partial charge in [-0.1, -0.05) is 30.3 Å². The summed E-state index contributed by atoms with van der Waals surface area (Å²) in [6.45, 7) is 1.88. The Kier molecular flexibility index (Phi) is 3.38. The van der Waals surface area contributed by atoms with Gasteiger partial charge in [0.05, 0.1) is 0 Å². The topological polar surface area (TPSA) is 29.5 Å². The fraction of sp³-hybridized carbons (Fsp3) is 0.143. The van der Waals surface area contributed by atoms with E-state index in [1.54, 1.807) is 0 Å². The van der Waals surface area contributed by atoms with Gasteiger partial charge in [0.1, 0.15) is 0 Å². The van der Waals surface area contributed by atoms with Crippen LogP contribution >= 0.6 is 0 Å². The quantitative estimate of drug-likeness (QED) is 0.881. The number of ether oxygens (including phenoxy) is 1. The number of aromatic hydroxyl groups is 1. The van der Waals surface area contributed by atoms with Gasteiger partial charge < -0.3 is 9.84 Å². The van der Waals surface area contributed by atoms with Gasteiger partial charge in [-0.05, 0) is 35.7 Å². The van der Waals surface area contributed by atoms with Gasteiger partial charge >= 0.3 is 6.36 Å². The molecule has 0 spiro atoms. The van der Waals surface area contributed by atoms with Crippen LogP contribution in [0.15, 0.2) is 42.5 Å². The molecular weight excluding hydrogens is 257 g/mol. The maximum absolute atomic E-state index is 12.1. The number of benzene rings is 2. The molecule has 100 valence electrons. The third-order valence-corrected chi connectivity index (χ3v) is 2.64. The van der Waals surface area contributed by atoms with Gasteiger partial charge in [0, 0.05) is 0 Å². The van der Waals surface area contributed by atoms with E-state index < -0.39 is 17.9 Å². The first-order valence-electron chi connectivity index (χ1n) is 5.51. The molecule has 5 heteroatoms. The third kappa shape index (κ3) is 3.19. The zero-order valence-corrected chi connectivity index (χ0v) is 10.0. The minimum Gasteiger partial charge on any atom is -0.504 e. The Hall–Kier alpha value is -2.17. The van der Waals surface area contributed by atoms with Crippen LogP contribution in [0.3, 0.4) is 0 Å². The van der Waals surface area contributed by atoms with E-state index in [4.69, 9.17) is 0 Å². The van der Waals surface area contributed by atoms with Gasteiger partial charge in [0.25, 0.3) is 0 Å². The first-order valence-corrected chi connectivity index (χ1v) is 5.51. The first-order chi connectivity index (χ1) is 8.87. The maximum Gasteiger partial charge on any atom is 0.573 e. The van der Waals surface area contributed by atoms with Gasteiger partial charge in [0.15, 0.2) is 11.5 Å². The number of rotatable bonds is 2. The number of phenolic OH excluding ortho intramolecular Hbond substituents is 1. The minimum absolute atomic E-state index is 0.543. The number of hydrogen-bond donors (Lipinski definition) is 1. The Balaban J connectivity index is 2.37. The fourth-order valence-corrected chi connectivity index (χ4v) is 1.79. The Morgan fingerprint density at radius 3 is 2.32 bits per heavy atom. The molecule has 0 aromatic heterocycles. The summed E-state index contributed by atoms with van der Waals surface area (Å²) >= 11 is 0. The second kappa shape index (κ2) is 4.84. The van der Waals surface area contributed by atoms with Crippen molar-refractivity contribution in [3.63, 3.8) is 0 Å². The second-order valence-corrected chi connectivity index (χ2v) is 4.05. The number of phenols is 1. The van der Waals surface area contributed by atoms with Gasteiger partial charge in [-0.2, -0.15) is 0 Å². The molecule has 0 heterocycles. The van der Waals surface area contributed by atoms with Crippen molar-refractivity contribution >= 4 is 0 Å². The smallest absolute Gasteiger partial charge is 0.504 e. The zero-order chi connectivity index (χ0) is 14.0. The van der Waals surface area contributed by atoms with E-state index in [0.717, 1.165) is 17.2 Å². The lowest BCUT2D eigenvalue weighted by atomic mass is 10.0. The third-order valence-electron chi connectivity index (χ3n) is 2.64. The number of aryl methyl sites for hydroxylation is 1. The lowest BCUT2D eigenvalue weighted by Gasteiger charge is -2.12. The summed E-state index contributed by atoms with van der Waals surface area (Å²) in [5.41, 5.74) is 2.44. The Morgan fingerprint density at radius 1 is 1.05 bits per heavy atom. The SMILES string of the molecule is Cc1ccccc1-c1ccc(OC(F)(F)F)c(O)c1. The average molecular weight is 268 g/mol. The number of alkyl halides is 3. The van der Waals surface area contributed by atoms with Gasteiger partial charge in [-0.25, -0.2) is 0 Å². The molecule has 1 N–H and O–H groups in total. The predicted octanol–water partition coefficient (Wildman–Crippen LogP) is 4.27. The van der Waals surface area contributed by atoms with Gasteiger partial charge in [0.2, 0.25) is 0 Å². The molecule has 2 rings (SSSR count). The molecule has 0 bridgehead atoms. The van der Waals surface area contributed by atoms with Crippen LogP contribution in [0, 0.1) is 6.92 Å². The minimum atomic E-state index is -4.82. The summed E-state index contributed by atoms with van der Waals surface area (Å²) in [6.07, 6.45) is -4.82. The van der Waals surface area contributed by atoms with E-state index in [0.29, 0.717) is 5.56 Å². The van der Waals surface area contributed by atoms with Crippen molar-refractivity contribution < 1.29 is 23.0 Å². The van der Waals surface area contributed by atoms with Crippen LogP contribution < -0.4 is 4.74 Å². The van der Waals surface area contributed by atoms with E-state index in [-0.39, 0.29) is 0 Å². The largest absolute Gasteiger partial charge is 0.573 e. The monoisotopic (exact) mass is 268 g/mol. The highest BCUT2D eigenvalue weighted by molar-refractivity contribution is 5.69. The van der Waals surface area contributed by atoms with Crippen LogP contribution in [0.4, 0.5) is 13.2 Å². The zero-order valence-electron chi connectivity index (χ0n) is 10.0. The summed E-state index contributed by atoms with van der Waals surface area (Å²) in [4.78, 5) is 0. The fourth-order valence-electron chi connectivity index (χ4n) is 1.79. The normalized spacial score (nSPS) is 11.4. The van der Waals surface area contributed by atoms with Crippen molar-refractivity contribution in [3.8, 4) is 22.6 Å². The predicted molar refractivity (Wildman–Crippen MR) is 65.0 cm³/mol. The number of halogens is 3. The molecule has 0 saturated carbocycles. The van der Waals surface area contributed by atoms with Crippen LogP contribution in [0.25, 0.3) is 11.1 Å². The van der Waals surface area contributed by atoms with Crippen LogP contribution in [0.2, 0.25) is 0 Å². The molecule has 0 unspecified atom stereocenters. The molecular formula is C14H11F3O2. The molecule has 0 aliphatic rings. The lowest BCUT2D eigenvalue weighted by Crippen LogP contribution is -2.17. The van der Waals surface area contributed by atoms with Crippen molar-refractivity contribution in [1.29, 1.82) is 0 Å². The first kappa shape index (κ1) is 13.3. The van der Waals surface area contributed by atoms with Crippen molar-refractivity contribution in [1.82, 2.24) is 0 Å². The van der Waals surface area contributed by atoms with Crippen LogP contribution in [0.1, 0.15) is 5.56 Å². The number of hydrogen-bond acceptors (Lipinski definition) is 2. The summed E-state index contributed by atoms with van der Waals surface area (Å²) in [7, 11) is 0. The van der Waals surface area contributed by atoms with Crippen molar-refractivity contribution in [2.75, 3.05) is 0 Å². The highest BCUT2D eigenvalue weighted by Gasteiger charge is 2.32. The maximum atomic E-state index is 12.1. The van der Waals surface area contributed by atoms with Gasteiger partial charge in [-0.3, -0.25) is 0 Å². The molecule has 2 aromatic carbocycles. The second-order valence-electron chi connectivity index (χ2n) is 4.05. The molecule has 0 fully saturated rings. The van der Waals surface area contributed by atoms with Crippen LogP contribution in [-0.2, 0) is 0 Å². The average Bonchev–Trinajstić information content (AvgIpc) is 2.31. The molecule has 0 amide bonds. The molecule has 0 saturated heterocycles. The lowest BCUT2D eigenvalue weighted by molar-refractivity contribution is -0.275. The summed E-state index contributed by atoms with van der Waals surface area (Å²) in [5.74, 6) is -1.15. The van der Waals surface area contributed by atoms with Crippen molar-refractivity contribution in [2.45, 2.75) is 13.3 Å². The highest BCUT2D eigenvalue weighted by atomic mass is 19.4. The molecule has 2 nitrogen and oxygen atoms in total. The van der Waals surface area contributed by atoms with Crippen molar-refractivity contribution in [2.24, 2.45) is 0 Å². The Bertz CT molecular complexity index is 591. The molecule has 0 aliphatic heterocycles. The van der Waals surface area contributed by atoms with E-state index in [1.807, 2.05) is 31.2 Å². The standard InChI is InChI=1S/C14H11F3O2/c1-9-4-2-3-5-11(9)10-6-7-13(12(18)8-10)19-14(15,16)17/h2-8,18H,1H3. The summed E-state index contributed by atoms with van der Waals surface area (Å²) < 4.78 is 39.9.